The first kappa shape index (κ1) is 15.6. The van der Waals surface area contributed by atoms with Gasteiger partial charge in [-0.05, 0) is 49.7 Å². The first-order valence-electron chi connectivity index (χ1n) is 7.41. The van der Waals surface area contributed by atoms with Gasteiger partial charge in [0.1, 0.15) is 5.75 Å². The van der Waals surface area contributed by atoms with Gasteiger partial charge in [0.05, 0.1) is 17.9 Å². The van der Waals surface area contributed by atoms with Crippen molar-refractivity contribution in [3.8, 4) is 5.75 Å². The van der Waals surface area contributed by atoms with E-state index in [1.807, 2.05) is 19.1 Å². The second-order valence-corrected chi connectivity index (χ2v) is 5.90. The fourth-order valence-corrected chi connectivity index (χ4v) is 2.71. The van der Waals surface area contributed by atoms with Crippen molar-refractivity contribution in [2.24, 2.45) is 0 Å². The fourth-order valence-electron chi connectivity index (χ4n) is 2.58. The molecule has 0 bridgehead atoms. The number of Topliss-reactive ketones (excluding diaryl/α,β-unsaturated/α-hetero) is 1. The number of ether oxygens (including phenoxy) is 1. The van der Waals surface area contributed by atoms with Crippen LogP contribution in [-0.4, -0.2) is 24.8 Å². The van der Waals surface area contributed by atoms with E-state index in [1.165, 1.54) is 4.90 Å². The Hall–Kier alpha value is -2.33. The Labute approximate surface area is 139 Å². The van der Waals surface area contributed by atoms with Crippen LogP contribution in [0.25, 0.3) is 0 Å². The summed E-state index contributed by atoms with van der Waals surface area (Å²) in [6.07, 6.45) is 0.634. The highest BCUT2D eigenvalue weighted by atomic mass is 35.5. The van der Waals surface area contributed by atoms with Gasteiger partial charge in [0.2, 0.25) is 0 Å². The molecular formula is C18H16ClNO3. The topological polar surface area (TPSA) is 46.6 Å². The second-order valence-electron chi connectivity index (χ2n) is 5.46. The zero-order valence-electron chi connectivity index (χ0n) is 12.7. The lowest BCUT2D eigenvalue weighted by Crippen LogP contribution is -2.31. The van der Waals surface area contributed by atoms with Crippen LogP contribution in [0.2, 0.25) is 5.02 Å². The predicted octanol–water partition coefficient (Wildman–Crippen LogP) is 3.65. The van der Waals surface area contributed by atoms with Gasteiger partial charge < -0.3 is 9.64 Å². The van der Waals surface area contributed by atoms with Crippen molar-refractivity contribution in [2.75, 3.05) is 18.1 Å². The quantitative estimate of drug-likeness (QED) is 0.621. The number of anilines is 1. The number of nitrogens with zero attached hydrogens (tertiary/aromatic N) is 1. The van der Waals surface area contributed by atoms with Crippen molar-refractivity contribution in [1.29, 1.82) is 0 Å². The number of ketones is 1. The van der Waals surface area contributed by atoms with Crippen LogP contribution in [0.5, 0.6) is 5.75 Å². The summed E-state index contributed by atoms with van der Waals surface area (Å²) in [7, 11) is 0. The number of hydrogen-bond donors (Lipinski definition) is 0. The Morgan fingerprint density at radius 1 is 1.09 bits per heavy atom. The van der Waals surface area contributed by atoms with Crippen molar-refractivity contribution >= 4 is 29.0 Å². The van der Waals surface area contributed by atoms with Gasteiger partial charge in [-0.25, -0.2) is 0 Å². The lowest BCUT2D eigenvalue weighted by atomic mass is 10.1. The van der Waals surface area contributed by atoms with Crippen molar-refractivity contribution < 1.29 is 14.3 Å². The number of rotatable bonds is 5. The number of amides is 1. The molecule has 0 saturated carbocycles. The van der Waals surface area contributed by atoms with Crippen LogP contribution in [-0.2, 0) is 4.79 Å². The third-order valence-corrected chi connectivity index (χ3v) is 3.99. The maximum absolute atomic E-state index is 12.1. The maximum atomic E-state index is 12.1. The summed E-state index contributed by atoms with van der Waals surface area (Å²) in [6.45, 7) is 2.82. The normalized spacial score (nSPS) is 13.4. The minimum absolute atomic E-state index is 0.428. The van der Waals surface area contributed by atoms with E-state index in [0.717, 1.165) is 11.3 Å². The Morgan fingerprint density at radius 3 is 2.57 bits per heavy atom. The number of hydrogen-bond acceptors (Lipinski definition) is 3. The molecule has 0 atom stereocenters. The number of halogens is 1. The van der Waals surface area contributed by atoms with Crippen molar-refractivity contribution in [3.05, 3.63) is 58.6 Å². The largest absolute Gasteiger partial charge is 0.494 e. The summed E-state index contributed by atoms with van der Waals surface area (Å²) >= 11 is 5.82. The van der Waals surface area contributed by atoms with Gasteiger partial charge in [-0.1, -0.05) is 23.2 Å². The van der Waals surface area contributed by atoms with Gasteiger partial charge in [0.15, 0.2) is 0 Å². The second kappa shape index (κ2) is 6.42. The van der Waals surface area contributed by atoms with Crippen LogP contribution in [0.1, 0.15) is 22.3 Å². The fraction of sp³-hybridized carbons (Fsp3) is 0.222. The standard InChI is InChI=1S/C18H16ClNO3/c1-12-3-8-16-15(11-12)17(21)18(22)20(16)9-2-10-23-14-6-4-13(19)5-7-14/h3-8,11H,2,9-10H2,1H3. The molecule has 118 valence electrons. The average molecular weight is 330 g/mol. The van der Waals surface area contributed by atoms with Gasteiger partial charge in [-0.2, -0.15) is 0 Å². The molecule has 3 rings (SSSR count). The lowest BCUT2D eigenvalue weighted by molar-refractivity contribution is -0.114. The summed E-state index contributed by atoms with van der Waals surface area (Å²) in [5.74, 6) is -0.159. The minimum atomic E-state index is -0.461. The molecular weight excluding hydrogens is 314 g/mol. The highest BCUT2D eigenvalue weighted by Gasteiger charge is 2.35. The van der Waals surface area contributed by atoms with Crippen molar-refractivity contribution in [3.63, 3.8) is 0 Å². The van der Waals surface area contributed by atoms with Crippen LogP contribution in [0.4, 0.5) is 5.69 Å². The molecule has 1 heterocycles. The molecule has 1 amide bonds. The van der Waals surface area contributed by atoms with E-state index in [0.29, 0.717) is 35.8 Å². The molecule has 1 aliphatic heterocycles. The van der Waals surface area contributed by atoms with E-state index in [1.54, 1.807) is 30.3 Å². The molecule has 0 aliphatic carbocycles. The Morgan fingerprint density at radius 2 is 1.83 bits per heavy atom. The predicted molar refractivity (Wildman–Crippen MR) is 89.4 cm³/mol. The lowest BCUT2D eigenvalue weighted by Gasteiger charge is -2.16. The van der Waals surface area contributed by atoms with E-state index in [9.17, 15) is 9.59 Å². The number of carbonyl (C=O) groups excluding carboxylic acids is 2. The van der Waals surface area contributed by atoms with Gasteiger partial charge in [-0.15, -0.1) is 0 Å². The van der Waals surface area contributed by atoms with Crippen LogP contribution in [0.3, 0.4) is 0 Å². The number of fused-ring (bicyclic) bond motifs is 1. The van der Waals surface area contributed by atoms with Gasteiger partial charge in [-0.3, -0.25) is 9.59 Å². The molecule has 0 spiro atoms. The first-order chi connectivity index (χ1) is 11.1. The Bertz CT molecular complexity index is 755. The van der Waals surface area contributed by atoms with E-state index in [2.05, 4.69) is 0 Å². The smallest absolute Gasteiger partial charge is 0.299 e. The summed E-state index contributed by atoms with van der Waals surface area (Å²) in [6, 6.07) is 12.6. The molecule has 0 aromatic heterocycles. The van der Waals surface area contributed by atoms with Crippen LogP contribution >= 0.6 is 11.6 Å². The monoisotopic (exact) mass is 329 g/mol. The molecule has 5 heteroatoms. The summed E-state index contributed by atoms with van der Waals surface area (Å²) in [5, 5.41) is 0.658. The number of aryl methyl sites for hydroxylation is 1. The molecule has 0 radical (unpaired) electrons. The van der Waals surface area contributed by atoms with Crippen molar-refractivity contribution in [2.45, 2.75) is 13.3 Å². The van der Waals surface area contributed by atoms with Gasteiger partial charge >= 0.3 is 0 Å². The van der Waals surface area contributed by atoms with E-state index in [-0.39, 0.29) is 0 Å². The summed E-state index contributed by atoms with van der Waals surface area (Å²) < 4.78 is 5.61. The summed E-state index contributed by atoms with van der Waals surface area (Å²) in [5.41, 5.74) is 2.16. The molecule has 0 fully saturated rings. The van der Waals surface area contributed by atoms with Crippen LogP contribution < -0.4 is 9.64 Å². The zero-order chi connectivity index (χ0) is 16.4. The highest BCUT2D eigenvalue weighted by molar-refractivity contribution is 6.52. The molecule has 23 heavy (non-hydrogen) atoms. The van der Waals surface area contributed by atoms with E-state index in [4.69, 9.17) is 16.3 Å². The Kier molecular flexibility index (Phi) is 4.35. The van der Waals surface area contributed by atoms with Gasteiger partial charge in [0, 0.05) is 11.6 Å². The highest BCUT2D eigenvalue weighted by Crippen LogP contribution is 2.29. The van der Waals surface area contributed by atoms with Crippen molar-refractivity contribution in [1.82, 2.24) is 0 Å². The third-order valence-electron chi connectivity index (χ3n) is 3.74. The SMILES string of the molecule is Cc1ccc2c(c1)C(=O)C(=O)N2CCCOc1ccc(Cl)cc1. The third kappa shape index (κ3) is 3.22. The van der Waals surface area contributed by atoms with Gasteiger partial charge in [0.25, 0.3) is 11.7 Å². The molecule has 2 aromatic rings. The first-order valence-corrected chi connectivity index (χ1v) is 7.79. The van der Waals surface area contributed by atoms with Crippen LogP contribution in [0, 0.1) is 6.92 Å². The number of carbonyl (C=O) groups is 2. The number of benzene rings is 2. The molecule has 0 saturated heterocycles. The Balaban J connectivity index is 1.59. The maximum Gasteiger partial charge on any atom is 0.299 e. The summed E-state index contributed by atoms with van der Waals surface area (Å²) in [4.78, 5) is 25.6. The molecule has 4 nitrogen and oxygen atoms in total. The zero-order valence-corrected chi connectivity index (χ0v) is 13.5. The molecule has 0 unspecified atom stereocenters. The average Bonchev–Trinajstić information content (AvgIpc) is 2.77. The minimum Gasteiger partial charge on any atom is -0.494 e. The van der Waals surface area contributed by atoms with Crippen LogP contribution in [0.15, 0.2) is 42.5 Å². The molecule has 0 N–H and O–H groups in total. The van der Waals surface area contributed by atoms with E-state index < -0.39 is 11.7 Å². The molecule has 1 aliphatic rings. The molecule has 2 aromatic carbocycles. The van der Waals surface area contributed by atoms with E-state index >= 15 is 0 Å².